The van der Waals surface area contributed by atoms with Crippen LogP contribution in [0.3, 0.4) is 0 Å². The number of rotatable bonds is 12. The summed E-state index contributed by atoms with van der Waals surface area (Å²) in [5.41, 5.74) is 1.88. The predicted octanol–water partition coefficient (Wildman–Crippen LogP) is 4.32. The van der Waals surface area contributed by atoms with Crippen molar-refractivity contribution in [3.63, 3.8) is 0 Å². The standard InChI is InChI=1S/C24H33NO6/c1-7-30-19-11-10-18(15-20(19)31-8-2)16(3)25-23(26)12-9-17-13-21(27-4)24(29-6)22(14-17)28-5/h10-11,13-16H,7-9,12H2,1-6H3,(H,25,26). The Labute approximate surface area is 184 Å². The first-order valence-corrected chi connectivity index (χ1v) is 10.4. The van der Waals surface area contributed by atoms with Crippen LogP contribution in [0.15, 0.2) is 30.3 Å². The van der Waals surface area contributed by atoms with E-state index in [0.29, 0.717) is 54.8 Å². The van der Waals surface area contributed by atoms with Crippen molar-refractivity contribution in [1.29, 1.82) is 0 Å². The van der Waals surface area contributed by atoms with Crippen molar-refractivity contribution in [1.82, 2.24) is 5.32 Å². The lowest BCUT2D eigenvalue weighted by atomic mass is 10.1. The van der Waals surface area contributed by atoms with E-state index in [0.717, 1.165) is 11.1 Å². The van der Waals surface area contributed by atoms with Crippen LogP contribution in [0.25, 0.3) is 0 Å². The highest BCUT2D eigenvalue weighted by molar-refractivity contribution is 5.76. The second-order valence-corrected chi connectivity index (χ2v) is 6.89. The largest absolute Gasteiger partial charge is 0.493 e. The van der Waals surface area contributed by atoms with E-state index in [-0.39, 0.29) is 11.9 Å². The van der Waals surface area contributed by atoms with E-state index in [1.54, 1.807) is 21.3 Å². The zero-order valence-electron chi connectivity index (χ0n) is 19.2. The fourth-order valence-corrected chi connectivity index (χ4v) is 3.27. The molecule has 0 aromatic heterocycles. The monoisotopic (exact) mass is 431 g/mol. The molecule has 0 saturated carbocycles. The number of methoxy groups -OCH3 is 3. The first-order valence-electron chi connectivity index (χ1n) is 10.4. The number of aryl methyl sites for hydroxylation is 1. The number of amides is 1. The van der Waals surface area contributed by atoms with Crippen molar-refractivity contribution in [2.24, 2.45) is 0 Å². The minimum atomic E-state index is -0.165. The topological polar surface area (TPSA) is 75.3 Å². The Bertz CT molecular complexity index is 842. The van der Waals surface area contributed by atoms with Crippen LogP contribution in [0, 0.1) is 0 Å². The summed E-state index contributed by atoms with van der Waals surface area (Å²) >= 11 is 0. The lowest BCUT2D eigenvalue weighted by Crippen LogP contribution is -2.26. The van der Waals surface area contributed by atoms with Crippen molar-refractivity contribution < 1.29 is 28.5 Å². The van der Waals surface area contributed by atoms with Gasteiger partial charge in [-0.1, -0.05) is 6.07 Å². The van der Waals surface area contributed by atoms with Crippen LogP contribution in [-0.4, -0.2) is 40.5 Å². The maximum absolute atomic E-state index is 12.6. The van der Waals surface area contributed by atoms with Gasteiger partial charge < -0.3 is 29.0 Å². The van der Waals surface area contributed by atoms with Gasteiger partial charge in [0.25, 0.3) is 0 Å². The molecule has 2 aromatic rings. The number of carbonyl (C=O) groups excluding carboxylic acids is 1. The van der Waals surface area contributed by atoms with E-state index < -0.39 is 0 Å². The summed E-state index contributed by atoms with van der Waals surface area (Å²) in [6, 6.07) is 9.29. The van der Waals surface area contributed by atoms with E-state index in [4.69, 9.17) is 23.7 Å². The lowest BCUT2D eigenvalue weighted by molar-refractivity contribution is -0.121. The summed E-state index contributed by atoms with van der Waals surface area (Å²) in [6.45, 7) is 6.91. The van der Waals surface area contributed by atoms with Crippen LogP contribution in [0.5, 0.6) is 28.7 Å². The molecule has 0 aliphatic heterocycles. The Morgan fingerprint density at radius 3 is 2.03 bits per heavy atom. The average molecular weight is 432 g/mol. The number of hydrogen-bond acceptors (Lipinski definition) is 6. The third-order valence-corrected chi connectivity index (χ3v) is 4.81. The highest BCUT2D eigenvalue weighted by Crippen LogP contribution is 2.38. The van der Waals surface area contributed by atoms with Gasteiger partial charge in [-0.3, -0.25) is 4.79 Å². The van der Waals surface area contributed by atoms with Gasteiger partial charge in [0.15, 0.2) is 23.0 Å². The normalized spacial score (nSPS) is 11.4. The fraction of sp³-hybridized carbons (Fsp3) is 0.458. The van der Waals surface area contributed by atoms with E-state index >= 15 is 0 Å². The molecule has 1 amide bonds. The summed E-state index contributed by atoms with van der Waals surface area (Å²) in [4.78, 5) is 12.6. The summed E-state index contributed by atoms with van der Waals surface area (Å²) in [5.74, 6) is 3.02. The second-order valence-electron chi connectivity index (χ2n) is 6.89. The zero-order chi connectivity index (χ0) is 22.8. The minimum Gasteiger partial charge on any atom is -0.493 e. The van der Waals surface area contributed by atoms with Gasteiger partial charge in [-0.05, 0) is 62.6 Å². The smallest absolute Gasteiger partial charge is 0.220 e. The molecule has 0 bridgehead atoms. The molecule has 0 heterocycles. The second kappa shape index (κ2) is 11.9. The van der Waals surface area contributed by atoms with Crippen molar-refractivity contribution in [2.75, 3.05) is 34.5 Å². The Kier molecular flexibility index (Phi) is 9.31. The first kappa shape index (κ1) is 24.2. The van der Waals surface area contributed by atoms with Gasteiger partial charge >= 0.3 is 0 Å². The Morgan fingerprint density at radius 1 is 0.871 bits per heavy atom. The third kappa shape index (κ3) is 6.44. The number of benzene rings is 2. The Morgan fingerprint density at radius 2 is 1.48 bits per heavy atom. The fourth-order valence-electron chi connectivity index (χ4n) is 3.27. The molecule has 7 heteroatoms. The molecule has 0 fully saturated rings. The van der Waals surface area contributed by atoms with Gasteiger partial charge in [0, 0.05) is 6.42 Å². The first-order chi connectivity index (χ1) is 15.0. The van der Waals surface area contributed by atoms with Crippen LogP contribution in [0.1, 0.15) is 44.4 Å². The van der Waals surface area contributed by atoms with Crippen molar-refractivity contribution in [3.8, 4) is 28.7 Å². The van der Waals surface area contributed by atoms with Gasteiger partial charge in [-0.2, -0.15) is 0 Å². The number of ether oxygens (including phenoxy) is 5. The summed E-state index contributed by atoms with van der Waals surface area (Å²) in [6.07, 6.45) is 0.876. The molecule has 2 rings (SSSR count). The Hall–Kier alpha value is -3.09. The van der Waals surface area contributed by atoms with Crippen LogP contribution in [-0.2, 0) is 11.2 Å². The van der Waals surface area contributed by atoms with Crippen LogP contribution < -0.4 is 29.0 Å². The summed E-state index contributed by atoms with van der Waals surface area (Å²) in [5, 5.41) is 3.04. The molecular weight excluding hydrogens is 398 g/mol. The van der Waals surface area contributed by atoms with E-state index in [1.165, 1.54) is 0 Å². The van der Waals surface area contributed by atoms with Crippen molar-refractivity contribution in [3.05, 3.63) is 41.5 Å². The molecule has 1 unspecified atom stereocenters. The minimum absolute atomic E-state index is 0.0481. The molecule has 0 aliphatic carbocycles. The molecule has 31 heavy (non-hydrogen) atoms. The molecule has 0 aliphatic rings. The van der Waals surface area contributed by atoms with Crippen LogP contribution in [0.4, 0.5) is 0 Å². The zero-order valence-corrected chi connectivity index (χ0v) is 19.2. The third-order valence-electron chi connectivity index (χ3n) is 4.81. The number of carbonyl (C=O) groups is 1. The molecule has 1 N–H and O–H groups in total. The molecule has 2 aromatic carbocycles. The molecule has 7 nitrogen and oxygen atoms in total. The highest BCUT2D eigenvalue weighted by atomic mass is 16.5. The quantitative estimate of drug-likeness (QED) is 0.539. The Balaban J connectivity index is 2.03. The molecule has 0 saturated heterocycles. The predicted molar refractivity (Wildman–Crippen MR) is 120 cm³/mol. The SMILES string of the molecule is CCOc1ccc(C(C)NC(=O)CCc2cc(OC)c(OC)c(OC)c2)cc1OCC. The molecule has 170 valence electrons. The van der Waals surface area contributed by atoms with Crippen molar-refractivity contribution >= 4 is 5.91 Å². The van der Waals surface area contributed by atoms with Crippen LogP contribution >= 0.6 is 0 Å². The number of hydrogen-bond donors (Lipinski definition) is 1. The van der Waals surface area contributed by atoms with Gasteiger partial charge in [0.05, 0.1) is 40.6 Å². The van der Waals surface area contributed by atoms with Gasteiger partial charge in [0.1, 0.15) is 0 Å². The van der Waals surface area contributed by atoms with Gasteiger partial charge in [-0.25, -0.2) is 0 Å². The molecule has 0 spiro atoms. The number of nitrogens with one attached hydrogen (secondary N) is 1. The maximum atomic E-state index is 12.6. The van der Waals surface area contributed by atoms with Gasteiger partial charge in [-0.15, -0.1) is 0 Å². The van der Waals surface area contributed by atoms with E-state index in [9.17, 15) is 4.79 Å². The van der Waals surface area contributed by atoms with Crippen LogP contribution in [0.2, 0.25) is 0 Å². The van der Waals surface area contributed by atoms with Gasteiger partial charge in [0.2, 0.25) is 11.7 Å². The van der Waals surface area contributed by atoms with Crippen molar-refractivity contribution in [2.45, 2.75) is 39.7 Å². The molecular formula is C24H33NO6. The molecule has 0 radical (unpaired) electrons. The average Bonchev–Trinajstić information content (AvgIpc) is 2.78. The lowest BCUT2D eigenvalue weighted by Gasteiger charge is -2.18. The summed E-state index contributed by atoms with van der Waals surface area (Å²) < 4.78 is 27.4. The van der Waals surface area contributed by atoms with E-state index in [1.807, 2.05) is 51.1 Å². The molecule has 1 atom stereocenters. The summed E-state index contributed by atoms with van der Waals surface area (Å²) in [7, 11) is 4.71. The van der Waals surface area contributed by atoms with E-state index in [2.05, 4.69) is 5.32 Å². The highest BCUT2D eigenvalue weighted by Gasteiger charge is 2.16. The maximum Gasteiger partial charge on any atom is 0.220 e.